The minimum atomic E-state index is 0.00574. The lowest BCUT2D eigenvalue weighted by Gasteiger charge is -2.30. The number of amides is 2. The van der Waals surface area contributed by atoms with Gasteiger partial charge in [-0.25, -0.2) is 4.79 Å². The summed E-state index contributed by atoms with van der Waals surface area (Å²) in [7, 11) is 1.70. The number of piperidine rings is 1. The van der Waals surface area contributed by atoms with E-state index in [9.17, 15) is 4.79 Å². The summed E-state index contributed by atoms with van der Waals surface area (Å²) < 4.78 is 7.31. The maximum absolute atomic E-state index is 12.6. The highest BCUT2D eigenvalue weighted by Gasteiger charge is 2.21. The van der Waals surface area contributed by atoms with Crippen LogP contribution in [-0.4, -0.2) is 42.3 Å². The number of hydrogen-bond acceptors (Lipinski definition) is 2. The third-order valence-corrected chi connectivity index (χ3v) is 4.51. The summed E-state index contributed by atoms with van der Waals surface area (Å²) >= 11 is 0. The second kappa shape index (κ2) is 7.04. The number of carbonyl (C=O) groups is 1. The van der Waals surface area contributed by atoms with Gasteiger partial charge < -0.3 is 19.5 Å². The van der Waals surface area contributed by atoms with Crippen molar-refractivity contribution in [3.63, 3.8) is 0 Å². The minimum absolute atomic E-state index is 0.00574. The Kier molecular flexibility index (Phi) is 4.86. The third-order valence-electron chi connectivity index (χ3n) is 4.51. The van der Waals surface area contributed by atoms with E-state index in [1.165, 1.54) is 6.42 Å². The SMILES string of the molecule is COCCn1cc(NC(=O)N2CCC[C@@H](C)C2)c2ccccc21. The molecule has 2 aromatic rings. The molecule has 2 amide bonds. The molecule has 1 atom stereocenters. The zero-order chi connectivity index (χ0) is 16.2. The molecule has 1 N–H and O–H groups in total. The average molecular weight is 315 g/mol. The standard InChI is InChI=1S/C18H25N3O2/c1-14-6-5-9-21(12-14)18(22)19-16-13-20(10-11-23-2)17-8-4-3-7-15(16)17/h3-4,7-8,13-14H,5-6,9-12H2,1-2H3,(H,19,22)/t14-/m1/s1. The number of anilines is 1. The number of hydrogen-bond donors (Lipinski definition) is 1. The molecule has 1 fully saturated rings. The molecule has 1 aromatic carbocycles. The van der Waals surface area contributed by atoms with Crippen LogP contribution in [0.3, 0.4) is 0 Å². The topological polar surface area (TPSA) is 46.5 Å². The van der Waals surface area contributed by atoms with Crippen LogP contribution >= 0.6 is 0 Å². The molecule has 1 aromatic heterocycles. The van der Waals surface area contributed by atoms with E-state index < -0.39 is 0 Å². The van der Waals surface area contributed by atoms with Crippen LogP contribution in [0.1, 0.15) is 19.8 Å². The highest BCUT2D eigenvalue weighted by molar-refractivity contribution is 6.01. The van der Waals surface area contributed by atoms with E-state index in [1.54, 1.807) is 7.11 Å². The van der Waals surface area contributed by atoms with Gasteiger partial charge in [0, 0.05) is 38.3 Å². The van der Waals surface area contributed by atoms with Gasteiger partial charge in [0.1, 0.15) is 0 Å². The Morgan fingerprint density at radius 1 is 1.39 bits per heavy atom. The van der Waals surface area contributed by atoms with Gasteiger partial charge >= 0.3 is 6.03 Å². The molecule has 2 heterocycles. The second-order valence-corrected chi connectivity index (χ2v) is 6.37. The lowest BCUT2D eigenvalue weighted by Crippen LogP contribution is -2.41. The molecule has 0 saturated carbocycles. The van der Waals surface area contributed by atoms with E-state index in [1.807, 2.05) is 29.3 Å². The van der Waals surface area contributed by atoms with Crippen molar-refractivity contribution in [1.82, 2.24) is 9.47 Å². The van der Waals surface area contributed by atoms with Gasteiger partial charge in [-0.05, 0) is 24.8 Å². The highest BCUT2D eigenvalue weighted by atomic mass is 16.5. The van der Waals surface area contributed by atoms with Crippen molar-refractivity contribution in [1.29, 1.82) is 0 Å². The van der Waals surface area contributed by atoms with Crippen molar-refractivity contribution >= 4 is 22.6 Å². The van der Waals surface area contributed by atoms with Crippen LogP contribution in [-0.2, 0) is 11.3 Å². The molecule has 1 aliphatic heterocycles. The summed E-state index contributed by atoms with van der Waals surface area (Å²) in [4.78, 5) is 14.5. The molecular weight excluding hydrogens is 290 g/mol. The van der Waals surface area contributed by atoms with Gasteiger partial charge in [0.25, 0.3) is 0 Å². The highest BCUT2D eigenvalue weighted by Crippen LogP contribution is 2.26. The number of rotatable bonds is 4. The monoisotopic (exact) mass is 315 g/mol. The molecule has 0 bridgehead atoms. The lowest BCUT2D eigenvalue weighted by atomic mass is 10.0. The Morgan fingerprint density at radius 2 is 2.22 bits per heavy atom. The number of nitrogens with one attached hydrogen (secondary N) is 1. The van der Waals surface area contributed by atoms with Crippen LogP contribution in [0.15, 0.2) is 30.5 Å². The van der Waals surface area contributed by atoms with Crippen molar-refractivity contribution in [2.75, 3.05) is 32.1 Å². The van der Waals surface area contributed by atoms with Crippen LogP contribution in [0, 0.1) is 5.92 Å². The molecule has 3 rings (SSSR count). The zero-order valence-electron chi connectivity index (χ0n) is 13.9. The Hall–Kier alpha value is -2.01. The fraction of sp³-hybridized carbons (Fsp3) is 0.500. The number of aromatic nitrogens is 1. The van der Waals surface area contributed by atoms with Gasteiger partial charge in [-0.3, -0.25) is 0 Å². The fourth-order valence-corrected chi connectivity index (χ4v) is 3.29. The number of nitrogens with zero attached hydrogens (tertiary/aromatic N) is 2. The lowest BCUT2D eigenvalue weighted by molar-refractivity contribution is 0.182. The van der Waals surface area contributed by atoms with Gasteiger partial charge in [0.15, 0.2) is 0 Å². The van der Waals surface area contributed by atoms with Gasteiger partial charge in [0.2, 0.25) is 0 Å². The quantitative estimate of drug-likeness (QED) is 0.938. The third kappa shape index (κ3) is 3.50. The molecule has 0 unspecified atom stereocenters. The van der Waals surface area contributed by atoms with Crippen molar-refractivity contribution in [2.45, 2.75) is 26.3 Å². The summed E-state index contributed by atoms with van der Waals surface area (Å²) in [6.07, 6.45) is 4.30. The van der Waals surface area contributed by atoms with Crippen LogP contribution in [0.2, 0.25) is 0 Å². The Bertz CT molecular complexity index is 680. The predicted molar refractivity (Wildman–Crippen MR) is 92.8 cm³/mol. The largest absolute Gasteiger partial charge is 0.383 e. The number of ether oxygens (including phenoxy) is 1. The maximum atomic E-state index is 12.6. The Balaban J connectivity index is 1.80. The first-order valence-electron chi connectivity index (χ1n) is 8.32. The van der Waals surface area contributed by atoms with Crippen LogP contribution < -0.4 is 5.32 Å². The number of urea groups is 1. The molecule has 0 aliphatic carbocycles. The van der Waals surface area contributed by atoms with Crippen molar-refractivity contribution in [2.24, 2.45) is 5.92 Å². The fourth-order valence-electron chi connectivity index (χ4n) is 3.29. The number of carbonyl (C=O) groups excluding carboxylic acids is 1. The normalized spacial score (nSPS) is 18.3. The molecule has 5 nitrogen and oxygen atoms in total. The molecule has 1 saturated heterocycles. The number of methoxy groups -OCH3 is 1. The predicted octanol–water partition coefficient (Wildman–Crippen LogP) is 3.55. The minimum Gasteiger partial charge on any atom is -0.383 e. The molecule has 23 heavy (non-hydrogen) atoms. The van der Waals surface area contributed by atoms with E-state index in [2.05, 4.69) is 22.9 Å². The number of fused-ring (bicyclic) bond motifs is 1. The van der Waals surface area contributed by atoms with Crippen LogP contribution in [0.25, 0.3) is 10.9 Å². The average Bonchev–Trinajstić information content (AvgIpc) is 2.91. The van der Waals surface area contributed by atoms with E-state index >= 15 is 0 Å². The van der Waals surface area contributed by atoms with Crippen molar-refractivity contribution in [3.8, 4) is 0 Å². The molecule has 1 aliphatic rings. The molecule has 5 heteroatoms. The van der Waals surface area contributed by atoms with E-state index in [0.717, 1.165) is 42.6 Å². The van der Waals surface area contributed by atoms with E-state index in [4.69, 9.17) is 4.74 Å². The summed E-state index contributed by atoms with van der Waals surface area (Å²) in [6.45, 7) is 5.31. The smallest absolute Gasteiger partial charge is 0.321 e. The van der Waals surface area contributed by atoms with Crippen LogP contribution in [0.5, 0.6) is 0 Å². The first-order chi connectivity index (χ1) is 11.2. The molecule has 0 spiro atoms. The second-order valence-electron chi connectivity index (χ2n) is 6.37. The zero-order valence-corrected chi connectivity index (χ0v) is 13.9. The number of para-hydroxylation sites is 1. The summed E-state index contributed by atoms with van der Waals surface area (Å²) in [5, 5.41) is 4.17. The first-order valence-corrected chi connectivity index (χ1v) is 8.32. The number of benzene rings is 1. The first kappa shape index (κ1) is 15.9. The summed E-state index contributed by atoms with van der Waals surface area (Å²) in [6, 6.07) is 8.15. The maximum Gasteiger partial charge on any atom is 0.321 e. The Labute approximate surface area is 137 Å². The van der Waals surface area contributed by atoms with E-state index in [0.29, 0.717) is 12.5 Å². The van der Waals surface area contributed by atoms with Crippen molar-refractivity contribution in [3.05, 3.63) is 30.5 Å². The van der Waals surface area contributed by atoms with E-state index in [-0.39, 0.29) is 6.03 Å². The van der Waals surface area contributed by atoms with Gasteiger partial charge in [-0.1, -0.05) is 25.1 Å². The van der Waals surface area contributed by atoms with Crippen molar-refractivity contribution < 1.29 is 9.53 Å². The summed E-state index contributed by atoms with van der Waals surface area (Å²) in [5.74, 6) is 0.581. The van der Waals surface area contributed by atoms with Crippen LogP contribution in [0.4, 0.5) is 10.5 Å². The number of likely N-dealkylation sites (tertiary alicyclic amines) is 1. The van der Waals surface area contributed by atoms with Gasteiger partial charge in [-0.15, -0.1) is 0 Å². The van der Waals surface area contributed by atoms with Gasteiger partial charge in [0.05, 0.1) is 17.8 Å². The molecule has 124 valence electrons. The van der Waals surface area contributed by atoms with Gasteiger partial charge in [-0.2, -0.15) is 0 Å². The molecule has 0 radical (unpaired) electrons. The molecular formula is C18H25N3O2. The summed E-state index contributed by atoms with van der Waals surface area (Å²) in [5.41, 5.74) is 1.99. The Morgan fingerprint density at radius 3 is 3.00 bits per heavy atom.